The van der Waals surface area contributed by atoms with Crippen molar-refractivity contribution in [1.82, 2.24) is 4.90 Å². The second kappa shape index (κ2) is 8.03. The molecule has 1 aliphatic rings. The molecule has 5 heteroatoms. The van der Waals surface area contributed by atoms with Crippen LogP contribution >= 0.6 is 0 Å². The van der Waals surface area contributed by atoms with Gasteiger partial charge in [0, 0.05) is 25.4 Å². The molecule has 0 atom stereocenters. The van der Waals surface area contributed by atoms with Crippen LogP contribution in [0, 0.1) is 5.92 Å². The first-order valence-electron chi connectivity index (χ1n) is 8.01. The Morgan fingerprint density at radius 2 is 1.91 bits per heavy atom. The van der Waals surface area contributed by atoms with Crippen molar-refractivity contribution >= 4 is 11.7 Å². The fourth-order valence-corrected chi connectivity index (χ4v) is 2.89. The van der Waals surface area contributed by atoms with Gasteiger partial charge in [-0.05, 0) is 62.8 Å². The lowest BCUT2D eigenvalue weighted by atomic mass is 9.86. The van der Waals surface area contributed by atoms with Crippen molar-refractivity contribution in [3.05, 3.63) is 24.3 Å². The zero-order valence-corrected chi connectivity index (χ0v) is 13.4. The summed E-state index contributed by atoms with van der Waals surface area (Å²) < 4.78 is 5.39. The van der Waals surface area contributed by atoms with Gasteiger partial charge in [0.15, 0.2) is 0 Å². The number of aliphatic hydroxyl groups excluding tert-OH is 1. The van der Waals surface area contributed by atoms with E-state index in [4.69, 9.17) is 4.74 Å². The lowest BCUT2D eigenvalue weighted by molar-refractivity contribution is 0.139. The third-order valence-electron chi connectivity index (χ3n) is 4.36. The molecular formula is C17H26N2O3. The molecule has 0 radical (unpaired) electrons. The minimum absolute atomic E-state index is 0.0865. The van der Waals surface area contributed by atoms with Gasteiger partial charge in [-0.3, -0.25) is 0 Å². The third-order valence-corrected chi connectivity index (χ3v) is 4.36. The van der Waals surface area contributed by atoms with Crippen molar-refractivity contribution < 1.29 is 14.6 Å². The molecule has 0 bridgehead atoms. The highest BCUT2D eigenvalue weighted by Crippen LogP contribution is 2.27. The number of aliphatic hydroxyl groups is 1. The molecule has 1 saturated carbocycles. The van der Waals surface area contributed by atoms with Crippen LogP contribution in [0.1, 0.15) is 32.6 Å². The minimum atomic E-state index is -0.0865. The molecule has 1 aromatic rings. The molecule has 0 unspecified atom stereocenters. The zero-order chi connectivity index (χ0) is 15.9. The van der Waals surface area contributed by atoms with E-state index in [0.29, 0.717) is 12.5 Å². The van der Waals surface area contributed by atoms with Crippen LogP contribution in [0.5, 0.6) is 5.75 Å². The number of carbonyl (C=O) groups excluding carboxylic acids is 1. The molecule has 22 heavy (non-hydrogen) atoms. The number of rotatable bonds is 5. The van der Waals surface area contributed by atoms with E-state index in [-0.39, 0.29) is 18.7 Å². The van der Waals surface area contributed by atoms with Crippen LogP contribution in [0.3, 0.4) is 0 Å². The van der Waals surface area contributed by atoms with Gasteiger partial charge in [0.1, 0.15) is 5.75 Å². The molecule has 122 valence electrons. The highest BCUT2D eigenvalue weighted by molar-refractivity contribution is 5.89. The number of hydrogen-bond acceptors (Lipinski definition) is 3. The van der Waals surface area contributed by atoms with Crippen LogP contribution in [0.25, 0.3) is 0 Å². The van der Waals surface area contributed by atoms with Crippen molar-refractivity contribution in [1.29, 1.82) is 0 Å². The number of ether oxygens (including phenoxy) is 1. The smallest absolute Gasteiger partial charge is 0.321 e. The Morgan fingerprint density at radius 1 is 1.27 bits per heavy atom. The van der Waals surface area contributed by atoms with Gasteiger partial charge in [-0.15, -0.1) is 0 Å². The lowest BCUT2D eigenvalue weighted by Gasteiger charge is -2.34. The average molecular weight is 306 g/mol. The topological polar surface area (TPSA) is 61.8 Å². The molecule has 1 aliphatic carbocycles. The van der Waals surface area contributed by atoms with Crippen molar-refractivity contribution in [3.8, 4) is 5.75 Å². The molecule has 0 heterocycles. The first-order chi connectivity index (χ1) is 10.6. The summed E-state index contributed by atoms with van der Waals surface area (Å²) in [5, 5.41) is 12.1. The van der Waals surface area contributed by atoms with E-state index in [2.05, 4.69) is 5.32 Å². The maximum Gasteiger partial charge on any atom is 0.321 e. The molecule has 0 aliphatic heterocycles. The summed E-state index contributed by atoms with van der Waals surface area (Å²) in [6.45, 7) is 2.83. The molecule has 0 spiro atoms. The summed E-state index contributed by atoms with van der Waals surface area (Å²) >= 11 is 0. The van der Waals surface area contributed by atoms with Gasteiger partial charge in [-0.1, -0.05) is 0 Å². The second-order valence-electron chi connectivity index (χ2n) is 5.86. The van der Waals surface area contributed by atoms with Crippen molar-refractivity contribution in [2.45, 2.75) is 38.6 Å². The van der Waals surface area contributed by atoms with Crippen LogP contribution < -0.4 is 10.1 Å². The summed E-state index contributed by atoms with van der Waals surface area (Å²) in [6, 6.07) is 7.57. The van der Waals surface area contributed by atoms with Crippen molar-refractivity contribution in [2.24, 2.45) is 5.92 Å². The van der Waals surface area contributed by atoms with Gasteiger partial charge in [-0.2, -0.15) is 0 Å². The van der Waals surface area contributed by atoms with E-state index in [1.807, 2.05) is 38.2 Å². The first kappa shape index (κ1) is 16.6. The molecule has 1 fully saturated rings. The molecule has 2 amide bonds. The van der Waals surface area contributed by atoms with E-state index >= 15 is 0 Å². The fraction of sp³-hybridized carbons (Fsp3) is 0.588. The molecule has 2 N–H and O–H groups in total. The number of nitrogens with zero attached hydrogens (tertiary/aromatic N) is 1. The predicted octanol–water partition coefficient (Wildman–Crippen LogP) is 3.10. The summed E-state index contributed by atoms with van der Waals surface area (Å²) in [7, 11) is 1.84. The quantitative estimate of drug-likeness (QED) is 0.878. The van der Waals surface area contributed by atoms with Crippen molar-refractivity contribution in [3.63, 3.8) is 0 Å². The highest BCUT2D eigenvalue weighted by atomic mass is 16.5. The van der Waals surface area contributed by atoms with Crippen LogP contribution in [0.4, 0.5) is 10.5 Å². The Morgan fingerprint density at radius 3 is 2.45 bits per heavy atom. The average Bonchev–Trinajstić information content (AvgIpc) is 2.56. The largest absolute Gasteiger partial charge is 0.494 e. The molecular weight excluding hydrogens is 280 g/mol. The Balaban J connectivity index is 1.85. The Bertz CT molecular complexity index is 467. The fourth-order valence-electron chi connectivity index (χ4n) is 2.89. The highest BCUT2D eigenvalue weighted by Gasteiger charge is 2.26. The van der Waals surface area contributed by atoms with E-state index in [9.17, 15) is 9.90 Å². The van der Waals surface area contributed by atoms with Crippen LogP contribution in [-0.2, 0) is 0 Å². The number of amides is 2. The molecule has 5 nitrogen and oxygen atoms in total. The van der Waals surface area contributed by atoms with E-state index in [1.54, 1.807) is 4.90 Å². The van der Waals surface area contributed by atoms with Crippen LogP contribution in [-0.4, -0.2) is 42.3 Å². The van der Waals surface area contributed by atoms with E-state index < -0.39 is 0 Å². The molecule has 2 rings (SSSR count). The van der Waals surface area contributed by atoms with Gasteiger partial charge in [0.2, 0.25) is 0 Å². The maximum atomic E-state index is 12.3. The summed E-state index contributed by atoms with van der Waals surface area (Å²) in [6.07, 6.45) is 3.89. The molecule has 1 aromatic carbocycles. The SMILES string of the molecule is CCOc1ccc(NC(=O)N(C)C2CCC(CO)CC2)cc1. The minimum Gasteiger partial charge on any atom is -0.494 e. The zero-order valence-electron chi connectivity index (χ0n) is 13.4. The van der Waals surface area contributed by atoms with Gasteiger partial charge < -0.3 is 20.1 Å². The van der Waals surface area contributed by atoms with Gasteiger partial charge in [0.25, 0.3) is 0 Å². The predicted molar refractivity (Wildman–Crippen MR) is 87.2 cm³/mol. The second-order valence-corrected chi connectivity index (χ2v) is 5.86. The van der Waals surface area contributed by atoms with Crippen LogP contribution in [0.15, 0.2) is 24.3 Å². The standard InChI is InChI=1S/C17H26N2O3/c1-3-22-16-10-6-14(7-11-16)18-17(21)19(2)15-8-4-13(12-20)5-9-15/h6-7,10-11,13,15,20H,3-5,8-9,12H2,1-2H3,(H,18,21). The maximum absolute atomic E-state index is 12.3. The van der Waals surface area contributed by atoms with E-state index in [1.165, 1.54) is 0 Å². The Hall–Kier alpha value is -1.75. The number of hydrogen-bond donors (Lipinski definition) is 2. The number of benzene rings is 1. The Kier molecular flexibility index (Phi) is 6.07. The number of nitrogens with one attached hydrogen (secondary N) is 1. The lowest BCUT2D eigenvalue weighted by Crippen LogP contribution is -2.42. The Labute approximate surface area is 132 Å². The van der Waals surface area contributed by atoms with Crippen molar-refractivity contribution in [2.75, 3.05) is 25.6 Å². The van der Waals surface area contributed by atoms with Gasteiger partial charge in [-0.25, -0.2) is 4.79 Å². The van der Waals surface area contributed by atoms with E-state index in [0.717, 1.165) is 37.1 Å². The van der Waals surface area contributed by atoms with Gasteiger partial charge >= 0.3 is 6.03 Å². The molecule has 0 aromatic heterocycles. The number of anilines is 1. The van der Waals surface area contributed by atoms with Gasteiger partial charge in [0.05, 0.1) is 6.61 Å². The monoisotopic (exact) mass is 306 g/mol. The number of carbonyl (C=O) groups is 1. The van der Waals surface area contributed by atoms with Crippen LogP contribution in [0.2, 0.25) is 0 Å². The summed E-state index contributed by atoms with van der Waals surface area (Å²) in [5.74, 6) is 1.20. The summed E-state index contributed by atoms with van der Waals surface area (Å²) in [5.41, 5.74) is 0.768. The summed E-state index contributed by atoms with van der Waals surface area (Å²) in [4.78, 5) is 14.1. The third kappa shape index (κ3) is 4.37. The number of urea groups is 1. The molecule has 0 saturated heterocycles. The first-order valence-corrected chi connectivity index (χ1v) is 8.01. The normalized spacial score (nSPS) is 21.2.